The molecule has 7 nitrogen and oxygen atoms in total. The summed E-state index contributed by atoms with van der Waals surface area (Å²) in [6.45, 7) is 1.81. The molecule has 1 fully saturated rings. The van der Waals surface area contributed by atoms with Crippen molar-refractivity contribution in [3.63, 3.8) is 0 Å². The second kappa shape index (κ2) is 6.56. The van der Waals surface area contributed by atoms with E-state index in [-0.39, 0.29) is 5.91 Å². The fourth-order valence-electron chi connectivity index (χ4n) is 3.59. The summed E-state index contributed by atoms with van der Waals surface area (Å²) in [7, 11) is 0. The van der Waals surface area contributed by atoms with Crippen LogP contribution in [-0.4, -0.2) is 26.6 Å². The number of nitrogens with one attached hydrogen (secondary N) is 1. The number of amides is 1. The van der Waals surface area contributed by atoms with Crippen LogP contribution in [0.5, 0.6) is 11.5 Å². The third kappa shape index (κ3) is 2.99. The lowest BCUT2D eigenvalue weighted by atomic mass is 10.2. The van der Waals surface area contributed by atoms with Gasteiger partial charge in [-0.05, 0) is 38.0 Å². The highest BCUT2D eigenvalue weighted by Gasteiger charge is 2.44. The van der Waals surface area contributed by atoms with Crippen molar-refractivity contribution < 1.29 is 14.3 Å². The second-order valence-corrected chi connectivity index (χ2v) is 7.94. The summed E-state index contributed by atoms with van der Waals surface area (Å²) in [6, 6.07) is 7.23. The number of aryl methyl sites for hydroxylation is 1. The van der Waals surface area contributed by atoms with Gasteiger partial charge in [0.2, 0.25) is 0 Å². The topological polar surface area (TPSA) is 86.2 Å². The molecule has 0 atom stereocenters. The van der Waals surface area contributed by atoms with Gasteiger partial charge in [0.25, 0.3) is 11.7 Å². The van der Waals surface area contributed by atoms with Gasteiger partial charge in [0, 0.05) is 37.0 Å². The van der Waals surface area contributed by atoms with Crippen molar-refractivity contribution in [2.45, 2.75) is 38.4 Å². The SMILES string of the molecule is Cc1nc(-c2ncccn2)sc1C(=O)Nc1ccc2c(c1)OC1(CCCC1)O2. The zero-order valence-electron chi connectivity index (χ0n) is 15.3. The monoisotopic (exact) mass is 394 g/mol. The molecule has 1 N–H and O–H groups in total. The quantitative estimate of drug-likeness (QED) is 0.716. The molecule has 3 heterocycles. The van der Waals surface area contributed by atoms with E-state index in [0.29, 0.717) is 32.8 Å². The number of rotatable bonds is 3. The van der Waals surface area contributed by atoms with E-state index >= 15 is 0 Å². The number of carbonyl (C=O) groups excluding carboxylic acids is 1. The predicted octanol–water partition coefficient (Wildman–Crippen LogP) is 4.20. The molecule has 3 aromatic rings. The Morgan fingerprint density at radius 1 is 1.14 bits per heavy atom. The number of fused-ring (bicyclic) bond motifs is 1. The van der Waals surface area contributed by atoms with E-state index in [1.807, 2.05) is 18.2 Å². The number of thiazole rings is 1. The minimum absolute atomic E-state index is 0.216. The molecule has 142 valence electrons. The number of nitrogens with zero attached hydrogens (tertiary/aromatic N) is 3. The highest BCUT2D eigenvalue weighted by Crippen LogP contribution is 2.47. The molecular weight excluding hydrogens is 376 g/mol. The summed E-state index contributed by atoms with van der Waals surface area (Å²) in [5.41, 5.74) is 1.31. The first-order valence-corrected chi connectivity index (χ1v) is 10.0. The maximum absolute atomic E-state index is 12.8. The van der Waals surface area contributed by atoms with E-state index in [4.69, 9.17) is 9.47 Å². The van der Waals surface area contributed by atoms with Crippen molar-refractivity contribution >= 4 is 22.9 Å². The summed E-state index contributed by atoms with van der Waals surface area (Å²) in [5.74, 6) is 1.20. The Bertz CT molecular complexity index is 1040. The van der Waals surface area contributed by atoms with Crippen molar-refractivity contribution in [1.29, 1.82) is 0 Å². The summed E-state index contributed by atoms with van der Waals surface area (Å²) >= 11 is 1.28. The van der Waals surface area contributed by atoms with Crippen LogP contribution < -0.4 is 14.8 Å². The lowest BCUT2D eigenvalue weighted by Gasteiger charge is -2.21. The number of ether oxygens (including phenoxy) is 2. The number of hydrogen-bond donors (Lipinski definition) is 1. The van der Waals surface area contributed by atoms with Gasteiger partial charge < -0.3 is 14.8 Å². The van der Waals surface area contributed by atoms with Crippen molar-refractivity contribution in [2.24, 2.45) is 0 Å². The van der Waals surface area contributed by atoms with Crippen LogP contribution in [-0.2, 0) is 0 Å². The number of carbonyl (C=O) groups is 1. The third-order valence-electron chi connectivity index (χ3n) is 4.92. The lowest BCUT2D eigenvalue weighted by molar-refractivity contribution is -0.0716. The van der Waals surface area contributed by atoms with Gasteiger partial charge in [-0.15, -0.1) is 11.3 Å². The van der Waals surface area contributed by atoms with Crippen molar-refractivity contribution in [1.82, 2.24) is 15.0 Å². The Labute approximate surface area is 165 Å². The fourth-order valence-corrected chi connectivity index (χ4v) is 4.50. The van der Waals surface area contributed by atoms with Gasteiger partial charge in [0.15, 0.2) is 22.3 Å². The van der Waals surface area contributed by atoms with E-state index < -0.39 is 5.79 Å². The van der Waals surface area contributed by atoms with Gasteiger partial charge in [-0.3, -0.25) is 4.79 Å². The molecule has 1 aromatic carbocycles. The van der Waals surface area contributed by atoms with Crippen LogP contribution in [0.2, 0.25) is 0 Å². The first-order valence-electron chi connectivity index (χ1n) is 9.20. The number of aromatic nitrogens is 3. The Morgan fingerprint density at radius 3 is 2.68 bits per heavy atom. The molecule has 0 unspecified atom stereocenters. The van der Waals surface area contributed by atoms with E-state index in [9.17, 15) is 4.79 Å². The minimum atomic E-state index is -0.510. The smallest absolute Gasteiger partial charge is 0.267 e. The average Bonchev–Trinajstić information content (AvgIpc) is 3.41. The maximum Gasteiger partial charge on any atom is 0.267 e. The van der Waals surface area contributed by atoms with Crippen molar-refractivity contribution in [3.8, 4) is 22.3 Å². The average molecular weight is 394 g/mol. The second-order valence-electron chi connectivity index (χ2n) is 6.94. The summed E-state index contributed by atoms with van der Waals surface area (Å²) < 4.78 is 12.1. The predicted molar refractivity (Wildman–Crippen MR) is 105 cm³/mol. The Balaban J connectivity index is 1.35. The Hall–Kier alpha value is -3.00. The molecule has 28 heavy (non-hydrogen) atoms. The molecule has 1 spiro atoms. The standard InChI is InChI=1S/C20H18N4O3S/c1-12-16(28-19(23-12)17-21-9-4-10-22-17)18(25)24-13-5-6-14-15(11-13)27-20(26-14)7-2-3-8-20/h4-6,9-11H,2-3,7-8H2,1H3,(H,24,25). The first kappa shape index (κ1) is 17.1. The Kier molecular flexibility index (Phi) is 4.01. The van der Waals surface area contributed by atoms with Crippen molar-refractivity contribution in [2.75, 3.05) is 5.32 Å². The zero-order chi connectivity index (χ0) is 19.1. The molecule has 1 saturated carbocycles. The molecule has 0 saturated heterocycles. The normalized spacial score (nSPS) is 16.5. The van der Waals surface area contributed by atoms with E-state index in [2.05, 4.69) is 20.3 Å². The molecule has 5 rings (SSSR count). The molecule has 8 heteroatoms. The van der Waals surface area contributed by atoms with Gasteiger partial charge in [0.1, 0.15) is 4.88 Å². The zero-order valence-corrected chi connectivity index (χ0v) is 16.1. The molecule has 0 radical (unpaired) electrons. The molecule has 2 aromatic heterocycles. The van der Waals surface area contributed by atoms with Crippen LogP contribution in [0.25, 0.3) is 10.8 Å². The third-order valence-corrected chi connectivity index (χ3v) is 6.07. The molecule has 0 bridgehead atoms. The molecule has 1 aliphatic carbocycles. The molecule has 1 aliphatic heterocycles. The van der Waals surface area contributed by atoms with Crippen LogP contribution in [0.1, 0.15) is 41.0 Å². The van der Waals surface area contributed by atoms with Crippen LogP contribution in [0, 0.1) is 6.92 Å². The van der Waals surface area contributed by atoms with E-state index in [1.165, 1.54) is 11.3 Å². The number of anilines is 1. The number of benzene rings is 1. The maximum atomic E-state index is 12.8. The number of hydrogen-bond acceptors (Lipinski definition) is 7. The van der Waals surface area contributed by atoms with Gasteiger partial charge in [-0.1, -0.05) is 0 Å². The van der Waals surface area contributed by atoms with Gasteiger partial charge in [0.05, 0.1) is 5.69 Å². The van der Waals surface area contributed by atoms with Crippen LogP contribution in [0.4, 0.5) is 5.69 Å². The highest BCUT2D eigenvalue weighted by molar-refractivity contribution is 7.17. The van der Waals surface area contributed by atoms with E-state index in [0.717, 1.165) is 31.4 Å². The largest absolute Gasteiger partial charge is 0.448 e. The van der Waals surface area contributed by atoms with Gasteiger partial charge >= 0.3 is 0 Å². The van der Waals surface area contributed by atoms with Crippen LogP contribution >= 0.6 is 11.3 Å². The summed E-state index contributed by atoms with van der Waals surface area (Å²) in [6.07, 6.45) is 7.32. The summed E-state index contributed by atoms with van der Waals surface area (Å²) in [4.78, 5) is 26.1. The first-order chi connectivity index (χ1) is 13.6. The van der Waals surface area contributed by atoms with Gasteiger partial charge in [-0.25, -0.2) is 15.0 Å². The van der Waals surface area contributed by atoms with Crippen LogP contribution in [0.3, 0.4) is 0 Å². The Morgan fingerprint density at radius 2 is 1.89 bits per heavy atom. The molecule has 1 amide bonds. The fraction of sp³-hybridized carbons (Fsp3) is 0.300. The lowest BCUT2D eigenvalue weighted by Crippen LogP contribution is -2.34. The van der Waals surface area contributed by atoms with Crippen LogP contribution in [0.15, 0.2) is 36.7 Å². The summed E-state index contributed by atoms with van der Waals surface area (Å²) in [5, 5.41) is 3.55. The van der Waals surface area contributed by atoms with Crippen molar-refractivity contribution in [3.05, 3.63) is 47.2 Å². The minimum Gasteiger partial charge on any atom is -0.448 e. The highest BCUT2D eigenvalue weighted by atomic mass is 32.1. The molecular formula is C20H18N4O3S. The van der Waals surface area contributed by atoms with E-state index in [1.54, 1.807) is 25.4 Å². The van der Waals surface area contributed by atoms with Gasteiger partial charge in [-0.2, -0.15) is 0 Å². The molecule has 2 aliphatic rings.